The summed E-state index contributed by atoms with van der Waals surface area (Å²) in [5.74, 6) is -0.515. The summed E-state index contributed by atoms with van der Waals surface area (Å²) in [6, 6.07) is -0.814. The fourth-order valence-electron chi connectivity index (χ4n) is 6.47. The van der Waals surface area contributed by atoms with Gasteiger partial charge in [0.15, 0.2) is 0 Å². The van der Waals surface area contributed by atoms with Crippen molar-refractivity contribution in [2.75, 3.05) is 6.61 Å². The van der Waals surface area contributed by atoms with Gasteiger partial charge in [0.05, 0.1) is 18.8 Å². The molecule has 0 aromatic rings. The molecule has 51 heavy (non-hydrogen) atoms. The van der Waals surface area contributed by atoms with Crippen LogP contribution in [0.5, 0.6) is 0 Å². The van der Waals surface area contributed by atoms with E-state index >= 15 is 0 Å². The van der Waals surface area contributed by atoms with Crippen molar-refractivity contribution in [2.45, 2.75) is 231 Å². The number of aliphatic hydroxyl groups excluding tert-OH is 3. The first kappa shape index (κ1) is 49.3. The summed E-state index contributed by atoms with van der Waals surface area (Å²) in [5, 5.41) is 33.1. The van der Waals surface area contributed by atoms with Crippen LogP contribution in [0.25, 0.3) is 0 Å². The molecule has 0 aliphatic rings. The highest BCUT2D eigenvalue weighted by Crippen LogP contribution is 2.15. The number of amides is 1. The molecule has 3 unspecified atom stereocenters. The Bertz CT molecular complexity index is 835. The third-order valence-electron chi connectivity index (χ3n) is 9.90. The van der Waals surface area contributed by atoms with E-state index in [1.807, 2.05) is 6.08 Å². The van der Waals surface area contributed by atoms with Gasteiger partial charge in [0.25, 0.3) is 0 Å². The van der Waals surface area contributed by atoms with Crippen molar-refractivity contribution in [3.8, 4) is 0 Å². The van der Waals surface area contributed by atoms with Crippen LogP contribution in [0, 0.1) is 0 Å². The van der Waals surface area contributed by atoms with Gasteiger partial charge in [0.1, 0.15) is 6.10 Å². The number of hydrogen-bond donors (Lipinski definition) is 4. The van der Waals surface area contributed by atoms with Crippen molar-refractivity contribution in [3.05, 3.63) is 48.6 Å². The minimum absolute atomic E-state index is 0.377. The molecule has 0 aromatic carbocycles. The highest BCUT2D eigenvalue weighted by Gasteiger charge is 2.22. The predicted molar refractivity (Wildman–Crippen MR) is 222 cm³/mol. The lowest BCUT2D eigenvalue weighted by Gasteiger charge is -2.21. The highest BCUT2D eigenvalue weighted by atomic mass is 16.3. The van der Waals surface area contributed by atoms with Crippen LogP contribution in [0.3, 0.4) is 0 Å². The summed E-state index contributed by atoms with van der Waals surface area (Å²) in [6.45, 7) is 4.07. The molecule has 5 nitrogen and oxygen atoms in total. The molecule has 0 saturated carbocycles. The van der Waals surface area contributed by atoms with Crippen LogP contribution < -0.4 is 5.32 Å². The first-order valence-electron chi connectivity index (χ1n) is 22.0. The van der Waals surface area contributed by atoms with Gasteiger partial charge in [-0.15, -0.1) is 0 Å². The molecular weight excluding hydrogens is 631 g/mol. The van der Waals surface area contributed by atoms with Crippen molar-refractivity contribution >= 4 is 5.91 Å². The third-order valence-corrected chi connectivity index (χ3v) is 9.90. The fourth-order valence-corrected chi connectivity index (χ4v) is 6.47. The van der Waals surface area contributed by atoms with Gasteiger partial charge >= 0.3 is 0 Å². The first-order valence-corrected chi connectivity index (χ1v) is 22.0. The van der Waals surface area contributed by atoms with E-state index in [-0.39, 0.29) is 6.61 Å². The van der Waals surface area contributed by atoms with Gasteiger partial charge in [0.2, 0.25) is 5.91 Å². The second kappa shape index (κ2) is 41.1. The van der Waals surface area contributed by atoms with Crippen molar-refractivity contribution in [1.29, 1.82) is 0 Å². The summed E-state index contributed by atoms with van der Waals surface area (Å²) < 4.78 is 0. The maximum absolute atomic E-state index is 12.5. The number of carbonyl (C=O) groups is 1. The molecule has 298 valence electrons. The maximum Gasteiger partial charge on any atom is 0.249 e. The van der Waals surface area contributed by atoms with Crippen LogP contribution in [-0.4, -0.2) is 46.1 Å². The number of aliphatic hydroxyl groups is 3. The average Bonchev–Trinajstić information content (AvgIpc) is 3.13. The zero-order valence-electron chi connectivity index (χ0n) is 33.7. The zero-order chi connectivity index (χ0) is 37.3. The highest BCUT2D eigenvalue weighted by molar-refractivity contribution is 5.80. The summed E-state index contributed by atoms with van der Waals surface area (Å²) in [6.07, 6.45) is 52.9. The van der Waals surface area contributed by atoms with Crippen LogP contribution in [0.15, 0.2) is 48.6 Å². The average molecular weight is 716 g/mol. The van der Waals surface area contributed by atoms with Crippen LogP contribution >= 0.6 is 0 Å². The molecule has 0 heterocycles. The van der Waals surface area contributed by atoms with Crippen LogP contribution in [0.2, 0.25) is 0 Å². The van der Waals surface area contributed by atoms with E-state index in [4.69, 9.17) is 0 Å². The van der Waals surface area contributed by atoms with E-state index in [0.29, 0.717) is 6.42 Å². The van der Waals surface area contributed by atoms with E-state index in [0.717, 1.165) is 51.4 Å². The lowest BCUT2D eigenvalue weighted by molar-refractivity contribution is -0.131. The van der Waals surface area contributed by atoms with E-state index in [1.54, 1.807) is 6.08 Å². The summed E-state index contributed by atoms with van der Waals surface area (Å²) in [7, 11) is 0. The SMILES string of the molecule is CC/C=C\C/C=C\CCCCCCCCCCCCCCCC(O)C(=O)NC(CO)C(O)/C=C/CC/C=C/CCCCCCCCCCCCC. The molecule has 0 bridgehead atoms. The molecule has 3 atom stereocenters. The van der Waals surface area contributed by atoms with Gasteiger partial charge in [-0.1, -0.05) is 204 Å². The van der Waals surface area contributed by atoms with Crippen molar-refractivity contribution < 1.29 is 20.1 Å². The first-order chi connectivity index (χ1) is 25.1. The smallest absolute Gasteiger partial charge is 0.249 e. The third kappa shape index (κ3) is 36.5. The van der Waals surface area contributed by atoms with E-state index in [1.165, 1.54) is 141 Å². The molecule has 1 amide bonds. The van der Waals surface area contributed by atoms with E-state index in [2.05, 4.69) is 55.6 Å². The lowest BCUT2D eigenvalue weighted by Crippen LogP contribution is -2.48. The number of allylic oxidation sites excluding steroid dienone is 7. The number of rotatable bonds is 39. The number of carbonyl (C=O) groups excluding carboxylic acids is 1. The van der Waals surface area contributed by atoms with Gasteiger partial charge < -0.3 is 20.6 Å². The lowest BCUT2D eigenvalue weighted by atomic mass is 10.0. The van der Waals surface area contributed by atoms with E-state index in [9.17, 15) is 20.1 Å². The Morgan fingerprint density at radius 2 is 0.922 bits per heavy atom. The quantitative estimate of drug-likeness (QED) is 0.0377. The minimum atomic E-state index is -1.11. The number of unbranched alkanes of at least 4 members (excludes halogenated alkanes) is 25. The normalized spacial score (nSPS) is 14.1. The predicted octanol–water partition coefficient (Wildman–Crippen LogP) is 12.5. The maximum atomic E-state index is 12.5. The molecule has 0 aliphatic heterocycles. The Labute approximate surface area is 316 Å². The Hall–Kier alpha value is -1.69. The number of hydrogen-bond acceptors (Lipinski definition) is 4. The molecule has 0 saturated heterocycles. The fraction of sp³-hybridized carbons (Fsp3) is 0.804. The van der Waals surface area contributed by atoms with Gasteiger partial charge in [-0.3, -0.25) is 4.79 Å². The summed E-state index contributed by atoms with van der Waals surface area (Å²) >= 11 is 0. The van der Waals surface area contributed by atoms with Crippen molar-refractivity contribution in [1.82, 2.24) is 5.32 Å². The number of nitrogens with one attached hydrogen (secondary N) is 1. The molecule has 0 fully saturated rings. The molecule has 0 aromatic heterocycles. The Balaban J connectivity index is 3.70. The molecule has 5 heteroatoms. The Morgan fingerprint density at radius 1 is 0.510 bits per heavy atom. The van der Waals surface area contributed by atoms with Crippen LogP contribution in [0.1, 0.15) is 213 Å². The Kier molecular flexibility index (Phi) is 39.7. The van der Waals surface area contributed by atoms with Gasteiger partial charge in [-0.25, -0.2) is 0 Å². The molecule has 0 rings (SSSR count). The molecular formula is C46H85NO4. The molecule has 0 radical (unpaired) electrons. The summed E-state index contributed by atoms with van der Waals surface area (Å²) in [4.78, 5) is 12.5. The Morgan fingerprint density at radius 3 is 1.41 bits per heavy atom. The van der Waals surface area contributed by atoms with Gasteiger partial charge in [-0.05, 0) is 57.8 Å². The molecule has 0 aliphatic carbocycles. The van der Waals surface area contributed by atoms with Gasteiger partial charge in [0, 0.05) is 0 Å². The van der Waals surface area contributed by atoms with Crippen molar-refractivity contribution in [2.24, 2.45) is 0 Å². The van der Waals surface area contributed by atoms with Crippen LogP contribution in [-0.2, 0) is 4.79 Å². The minimum Gasteiger partial charge on any atom is -0.394 e. The van der Waals surface area contributed by atoms with Gasteiger partial charge in [-0.2, -0.15) is 0 Å². The zero-order valence-corrected chi connectivity index (χ0v) is 33.7. The molecule has 0 spiro atoms. The second-order valence-corrected chi connectivity index (χ2v) is 14.9. The monoisotopic (exact) mass is 716 g/mol. The van der Waals surface area contributed by atoms with Crippen LogP contribution in [0.4, 0.5) is 0 Å². The molecule has 4 N–H and O–H groups in total. The largest absolute Gasteiger partial charge is 0.394 e. The van der Waals surface area contributed by atoms with E-state index < -0.39 is 24.2 Å². The summed E-state index contributed by atoms with van der Waals surface area (Å²) in [5.41, 5.74) is 0. The van der Waals surface area contributed by atoms with Crippen molar-refractivity contribution in [3.63, 3.8) is 0 Å². The topological polar surface area (TPSA) is 89.8 Å². The standard InChI is InChI=1S/C46H85NO4/c1-3-5-7-9-11-13-15-17-19-21-22-23-25-27-29-31-33-35-37-39-41-45(50)46(51)47-43(42-48)44(49)40-38-36-34-32-30-28-26-24-20-18-16-14-12-10-8-6-4-2/h5,7,11,13,30,32,38,40,43-45,48-50H,3-4,6,8-10,12,14-29,31,33-37,39,41-42H2,1-2H3,(H,47,51)/b7-5-,13-11-,32-30+,40-38+. The second-order valence-electron chi connectivity index (χ2n) is 14.9.